The van der Waals surface area contributed by atoms with E-state index in [0.717, 1.165) is 0 Å². The van der Waals surface area contributed by atoms with Gasteiger partial charge in [-0.25, -0.2) is 0 Å². The monoisotopic (exact) mass is 565 g/mol. The third-order valence-corrected chi connectivity index (χ3v) is 28.7. The quantitative estimate of drug-likeness (QED) is 0.328. The van der Waals surface area contributed by atoms with Crippen LogP contribution in [0.25, 0.3) is 0 Å². The van der Waals surface area contributed by atoms with E-state index in [1.165, 1.54) is 0 Å². The highest BCUT2D eigenvalue weighted by atomic mass is 28.5. The van der Waals surface area contributed by atoms with E-state index in [-0.39, 0.29) is 32.1 Å². The number of nitrogens with zero attached hydrogens (tertiary/aromatic N) is 5. The average Bonchev–Trinajstić information content (AvgIpc) is 2.76. The van der Waals surface area contributed by atoms with Crippen molar-refractivity contribution in [3.8, 4) is 30.3 Å². The topological polar surface area (TPSA) is 165 Å². The summed E-state index contributed by atoms with van der Waals surface area (Å²) in [6, 6.07) is 12.9. The molecule has 0 unspecified atom stereocenters. The van der Waals surface area contributed by atoms with Crippen LogP contribution in [0.5, 0.6) is 0 Å². The minimum absolute atomic E-state index is 0.233. The van der Waals surface area contributed by atoms with Crippen LogP contribution in [0, 0.1) is 56.7 Å². The zero-order chi connectivity index (χ0) is 26.6. The smallest absolute Gasteiger partial charge is 0.318 e. The van der Waals surface area contributed by atoms with Crippen molar-refractivity contribution in [1.29, 1.82) is 26.3 Å². The van der Waals surface area contributed by atoms with Gasteiger partial charge in [-0.05, 0) is 32.7 Å². The van der Waals surface area contributed by atoms with Gasteiger partial charge in [0.15, 0.2) is 0 Å². The van der Waals surface area contributed by atoms with Crippen LogP contribution < -0.4 is 0 Å². The SMILES string of the molecule is C[Si]1(CCC#N)O[Si](C)(CCC#N)O[Si](C)(CCC#N)O[Si](C)(CCC#N)O[Si](C)(CCC#N)O1. The normalized spacial score (nSPS) is 35.4. The number of hydrogen-bond donors (Lipinski definition) is 0. The van der Waals surface area contributed by atoms with Crippen molar-refractivity contribution >= 4 is 42.8 Å². The van der Waals surface area contributed by atoms with Crippen LogP contribution in [-0.2, 0) is 20.6 Å². The van der Waals surface area contributed by atoms with Gasteiger partial charge < -0.3 is 20.6 Å². The third-order valence-electron chi connectivity index (χ3n) is 5.61. The van der Waals surface area contributed by atoms with Crippen molar-refractivity contribution in [3.05, 3.63) is 0 Å². The fourth-order valence-corrected chi connectivity index (χ4v) is 32.2. The van der Waals surface area contributed by atoms with Crippen LogP contribution in [-0.4, -0.2) is 42.8 Å². The molecule has 0 N–H and O–H groups in total. The van der Waals surface area contributed by atoms with Gasteiger partial charge in [0.25, 0.3) is 0 Å². The van der Waals surface area contributed by atoms with Crippen molar-refractivity contribution in [1.82, 2.24) is 0 Å². The van der Waals surface area contributed by atoms with Crippen molar-refractivity contribution in [2.75, 3.05) is 0 Å². The maximum atomic E-state index is 9.31. The lowest BCUT2D eigenvalue weighted by atomic mass is 10.6. The molecule has 1 aliphatic heterocycles. The maximum absolute atomic E-state index is 9.31. The summed E-state index contributed by atoms with van der Waals surface area (Å²) >= 11 is 0. The Morgan fingerprint density at radius 1 is 0.371 bits per heavy atom. The average molecular weight is 566 g/mol. The molecule has 0 radical (unpaired) electrons. The summed E-state index contributed by atoms with van der Waals surface area (Å²) in [7, 11) is -15.3. The molecule has 0 aliphatic carbocycles. The lowest BCUT2D eigenvalue weighted by molar-refractivity contribution is 0.223. The summed E-state index contributed by atoms with van der Waals surface area (Å²) in [4.78, 5) is 0. The predicted molar refractivity (Wildman–Crippen MR) is 139 cm³/mol. The van der Waals surface area contributed by atoms with E-state index in [1.54, 1.807) is 0 Å². The second-order valence-electron chi connectivity index (χ2n) is 9.47. The van der Waals surface area contributed by atoms with E-state index in [0.29, 0.717) is 30.2 Å². The summed E-state index contributed by atoms with van der Waals surface area (Å²) < 4.78 is 33.7. The second kappa shape index (κ2) is 13.6. The molecule has 35 heavy (non-hydrogen) atoms. The van der Waals surface area contributed by atoms with Crippen molar-refractivity contribution in [3.63, 3.8) is 0 Å². The van der Waals surface area contributed by atoms with Crippen LogP contribution in [0.15, 0.2) is 0 Å². The standard InChI is InChI=1S/C20H35N5O5Si5/c1-31(16-6-11-21)26-32(2,17-7-12-22)28-34(4,19-9-14-24)30-35(5,20-10-15-25)29-33(3,27-31)18-8-13-23/h6-10,16-20H2,1-5H3. The maximum Gasteiger partial charge on any atom is 0.318 e. The number of nitriles is 5. The lowest BCUT2D eigenvalue weighted by Gasteiger charge is -2.50. The molecule has 1 aliphatic rings. The van der Waals surface area contributed by atoms with Crippen LogP contribution in [0.4, 0.5) is 0 Å². The van der Waals surface area contributed by atoms with Crippen molar-refractivity contribution in [2.45, 2.75) is 95.1 Å². The molecule has 1 saturated heterocycles. The Kier molecular flexibility index (Phi) is 12.2. The van der Waals surface area contributed by atoms with Crippen LogP contribution in [0.1, 0.15) is 32.1 Å². The van der Waals surface area contributed by atoms with Gasteiger partial charge in [-0.1, -0.05) is 0 Å². The first kappa shape index (κ1) is 31.4. The van der Waals surface area contributed by atoms with Gasteiger partial charge in [-0.15, -0.1) is 0 Å². The molecule has 0 aromatic rings. The van der Waals surface area contributed by atoms with E-state index >= 15 is 0 Å². The molecule has 1 fully saturated rings. The van der Waals surface area contributed by atoms with Crippen LogP contribution >= 0.6 is 0 Å². The van der Waals surface area contributed by atoms with Crippen LogP contribution in [0.3, 0.4) is 0 Å². The van der Waals surface area contributed by atoms with Gasteiger partial charge in [-0.2, -0.15) is 26.3 Å². The number of rotatable bonds is 10. The molecule has 10 nitrogen and oxygen atoms in total. The minimum Gasteiger partial charge on any atom is -0.416 e. The Hall–Kier alpha value is -1.67. The number of hydrogen-bond acceptors (Lipinski definition) is 10. The highest BCUT2D eigenvalue weighted by Crippen LogP contribution is 2.38. The molecule has 0 saturated carbocycles. The predicted octanol–water partition coefficient (Wildman–Crippen LogP) is 5.01. The Labute approximate surface area is 214 Å². The highest BCUT2D eigenvalue weighted by Gasteiger charge is 2.56. The first-order valence-corrected chi connectivity index (χ1v) is 24.3. The summed E-state index contributed by atoms with van der Waals surface area (Å²) in [5.74, 6) is 0. The molecule has 190 valence electrons. The lowest BCUT2D eigenvalue weighted by Crippen LogP contribution is -2.67. The van der Waals surface area contributed by atoms with E-state index < -0.39 is 42.8 Å². The highest BCUT2D eigenvalue weighted by molar-refractivity contribution is 6.94. The fraction of sp³-hybridized carbons (Fsp3) is 0.750. The largest absolute Gasteiger partial charge is 0.416 e. The molecular formula is C20H35N5O5Si5. The fourth-order valence-electron chi connectivity index (χ4n) is 4.31. The van der Waals surface area contributed by atoms with Crippen molar-refractivity contribution in [2.24, 2.45) is 0 Å². The van der Waals surface area contributed by atoms with E-state index in [2.05, 4.69) is 30.3 Å². The van der Waals surface area contributed by atoms with E-state index in [4.69, 9.17) is 20.6 Å². The van der Waals surface area contributed by atoms with Gasteiger partial charge in [0.1, 0.15) is 0 Å². The molecule has 0 atom stereocenters. The van der Waals surface area contributed by atoms with Gasteiger partial charge in [0.2, 0.25) is 0 Å². The molecule has 0 aromatic carbocycles. The Bertz CT molecular complexity index is 751. The third kappa shape index (κ3) is 10.5. The Balaban J connectivity index is 3.71. The Morgan fingerprint density at radius 2 is 0.514 bits per heavy atom. The molecule has 1 heterocycles. The molecule has 0 spiro atoms. The van der Waals surface area contributed by atoms with Gasteiger partial charge in [0.05, 0.1) is 30.3 Å². The first-order chi connectivity index (χ1) is 16.3. The Morgan fingerprint density at radius 3 is 0.629 bits per heavy atom. The van der Waals surface area contributed by atoms with E-state index in [1.807, 2.05) is 32.7 Å². The molecule has 0 aromatic heterocycles. The molecular weight excluding hydrogens is 531 g/mol. The second-order valence-corrected chi connectivity index (χ2v) is 27.4. The molecule has 0 bridgehead atoms. The zero-order valence-electron chi connectivity index (χ0n) is 21.3. The first-order valence-electron chi connectivity index (χ1n) is 11.7. The summed E-state index contributed by atoms with van der Waals surface area (Å²) in [6.07, 6.45) is 1.17. The molecule has 0 amide bonds. The molecule has 15 heteroatoms. The summed E-state index contributed by atoms with van der Waals surface area (Å²) in [5.41, 5.74) is 0. The van der Waals surface area contributed by atoms with Gasteiger partial charge >= 0.3 is 42.8 Å². The minimum atomic E-state index is -3.06. The van der Waals surface area contributed by atoms with Gasteiger partial charge in [0, 0.05) is 62.3 Å². The van der Waals surface area contributed by atoms with E-state index in [9.17, 15) is 26.3 Å². The summed E-state index contributed by atoms with van der Waals surface area (Å²) in [6.45, 7) is 9.50. The van der Waals surface area contributed by atoms with Crippen molar-refractivity contribution < 1.29 is 20.6 Å². The molecule has 1 rings (SSSR count). The van der Waals surface area contributed by atoms with Crippen LogP contribution in [0.2, 0.25) is 63.0 Å². The zero-order valence-corrected chi connectivity index (χ0v) is 26.3. The van der Waals surface area contributed by atoms with Gasteiger partial charge in [-0.3, -0.25) is 0 Å². The summed E-state index contributed by atoms with van der Waals surface area (Å²) in [5, 5.41) is 46.5.